The van der Waals surface area contributed by atoms with E-state index in [0.29, 0.717) is 36.6 Å². The van der Waals surface area contributed by atoms with E-state index in [-0.39, 0.29) is 26.0 Å². The Labute approximate surface area is 197 Å². The molecule has 1 aliphatic carbocycles. The Bertz CT molecular complexity index is 1010. The van der Waals surface area contributed by atoms with Crippen LogP contribution in [0.2, 0.25) is 0 Å². The van der Waals surface area contributed by atoms with Crippen LogP contribution in [0.5, 0.6) is 5.88 Å². The third kappa shape index (κ3) is 4.78. The van der Waals surface area contributed by atoms with Gasteiger partial charge in [0.25, 0.3) is 5.91 Å². The topological polar surface area (TPSA) is 102 Å². The maximum absolute atomic E-state index is 15.7. The van der Waals surface area contributed by atoms with Crippen molar-refractivity contribution in [3.63, 3.8) is 0 Å². The number of halogens is 2. The number of amides is 1. The number of carbonyl (C=O) groups is 1. The van der Waals surface area contributed by atoms with Crippen molar-refractivity contribution in [2.75, 3.05) is 6.54 Å². The Morgan fingerprint density at radius 2 is 1.97 bits per heavy atom. The zero-order chi connectivity index (χ0) is 24.8. The van der Waals surface area contributed by atoms with Gasteiger partial charge >= 0.3 is 5.92 Å². The van der Waals surface area contributed by atoms with Crippen LogP contribution in [-0.4, -0.2) is 49.1 Å². The average Bonchev–Trinajstić information content (AvgIpc) is 3.39. The molecule has 186 valence electrons. The van der Waals surface area contributed by atoms with Crippen LogP contribution in [0.3, 0.4) is 0 Å². The van der Waals surface area contributed by atoms with Gasteiger partial charge in [-0.1, -0.05) is 32.9 Å². The Balaban J connectivity index is 1.50. The molecule has 2 aliphatic rings. The highest BCUT2D eigenvalue weighted by Crippen LogP contribution is 2.55. The third-order valence-corrected chi connectivity index (χ3v) is 6.70. The summed E-state index contributed by atoms with van der Waals surface area (Å²) in [6, 6.07) is 2.55. The molecule has 3 heterocycles. The van der Waals surface area contributed by atoms with Crippen molar-refractivity contribution in [3.8, 4) is 5.88 Å². The van der Waals surface area contributed by atoms with E-state index in [4.69, 9.17) is 9.26 Å². The highest BCUT2D eigenvalue weighted by atomic mass is 19.3. The van der Waals surface area contributed by atoms with Crippen LogP contribution in [0.4, 0.5) is 8.78 Å². The van der Waals surface area contributed by atoms with Gasteiger partial charge in [-0.2, -0.15) is 8.78 Å². The molecule has 1 unspecified atom stereocenters. The molecule has 0 aromatic carbocycles. The number of hydrogen-bond donors (Lipinski definition) is 1. The summed E-state index contributed by atoms with van der Waals surface area (Å²) in [6.07, 6.45) is 4.34. The largest absolute Gasteiger partial charge is 0.469 e. The van der Waals surface area contributed by atoms with Crippen LogP contribution in [-0.2, 0) is 11.4 Å². The van der Waals surface area contributed by atoms with Gasteiger partial charge in [0.1, 0.15) is 17.6 Å². The van der Waals surface area contributed by atoms with E-state index in [2.05, 4.69) is 15.1 Å². The predicted octanol–water partition coefficient (Wildman–Crippen LogP) is 4.31. The number of likely N-dealkylation sites (tertiary alicyclic amines) is 1. The lowest BCUT2D eigenvalue weighted by Crippen LogP contribution is -2.62. The summed E-state index contributed by atoms with van der Waals surface area (Å²) in [4.78, 5) is 22.1. The standard InChI is InChI=1S/C24H32F2N4O4/c1-21(2)12-22(3,4)14-23(32,13-21)24(25,26)20(31)30-9-5-6-18(30)17-10-16(34-29-17)11-33-19-7-8-27-15-28-19/h7-8,10,15,18,32H,5-6,9,11-14H2,1-4H3. The molecule has 1 N–H and O–H groups in total. The first-order chi connectivity index (χ1) is 15.8. The Morgan fingerprint density at radius 3 is 2.62 bits per heavy atom. The van der Waals surface area contributed by atoms with Gasteiger partial charge in [-0.25, -0.2) is 9.97 Å². The fourth-order valence-corrected chi connectivity index (χ4v) is 6.05. The minimum atomic E-state index is -3.92. The van der Waals surface area contributed by atoms with Gasteiger partial charge in [-0.15, -0.1) is 0 Å². The second-order valence-corrected chi connectivity index (χ2v) is 11.2. The van der Waals surface area contributed by atoms with Gasteiger partial charge in [-0.3, -0.25) is 4.79 Å². The van der Waals surface area contributed by atoms with Crippen LogP contribution < -0.4 is 4.74 Å². The van der Waals surface area contributed by atoms with Crippen molar-refractivity contribution in [2.24, 2.45) is 10.8 Å². The first-order valence-corrected chi connectivity index (χ1v) is 11.6. The lowest BCUT2D eigenvalue weighted by atomic mass is 9.58. The number of nitrogens with zero attached hydrogens (tertiary/aromatic N) is 4. The molecule has 0 radical (unpaired) electrons. The summed E-state index contributed by atoms with van der Waals surface area (Å²) in [5, 5.41) is 15.2. The molecule has 10 heteroatoms. The highest BCUT2D eigenvalue weighted by molar-refractivity contribution is 5.85. The molecule has 0 spiro atoms. The normalized spacial score (nSPS) is 23.6. The second kappa shape index (κ2) is 8.55. The fraction of sp³-hybridized carbons (Fsp3) is 0.667. The number of hydrogen-bond acceptors (Lipinski definition) is 7. The maximum atomic E-state index is 15.7. The number of aromatic nitrogens is 3. The number of aliphatic hydroxyl groups is 1. The monoisotopic (exact) mass is 478 g/mol. The van der Waals surface area contributed by atoms with E-state index in [0.717, 1.165) is 4.90 Å². The molecule has 8 nitrogen and oxygen atoms in total. The molecule has 1 saturated carbocycles. The van der Waals surface area contributed by atoms with Crippen molar-refractivity contribution in [1.82, 2.24) is 20.0 Å². The van der Waals surface area contributed by atoms with Crippen molar-refractivity contribution in [3.05, 3.63) is 36.1 Å². The molecule has 1 saturated heterocycles. The molecule has 1 amide bonds. The summed E-state index contributed by atoms with van der Waals surface area (Å²) >= 11 is 0. The second-order valence-electron chi connectivity index (χ2n) is 11.2. The molecule has 34 heavy (non-hydrogen) atoms. The summed E-state index contributed by atoms with van der Waals surface area (Å²) in [5.74, 6) is -4.54. The predicted molar refractivity (Wildman–Crippen MR) is 118 cm³/mol. The van der Waals surface area contributed by atoms with E-state index in [1.54, 1.807) is 18.3 Å². The SMILES string of the molecule is CC1(C)CC(C)(C)CC(O)(C(F)(F)C(=O)N2CCCC2c2cc(COc3ccncn3)on2)C1. The fourth-order valence-electron chi connectivity index (χ4n) is 6.05. The number of ether oxygens (including phenoxy) is 1. The summed E-state index contributed by atoms with van der Waals surface area (Å²) in [6.45, 7) is 7.65. The van der Waals surface area contributed by atoms with Gasteiger partial charge < -0.3 is 19.3 Å². The van der Waals surface area contributed by atoms with Crippen LogP contribution in [0.25, 0.3) is 0 Å². The van der Waals surface area contributed by atoms with E-state index in [1.807, 2.05) is 27.7 Å². The molecular formula is C24H32F2N4O4. The van der Waals surface area contributed by atoms with Crippen LogP contribution in [0, 0.1) is 10.8 Å². The summed E-state index contributed by atoms with van der Waals surface area (Å²) in [5.41, 5.74) is -3.06. The maximum Gasteiger partial charge on any atom is 0.352 e. The summed E-state index contributed by atoms with van der Waals surface area (Å²) < 4.78 is 42.2. The van der Waals surface area contributed by atoms with Crippen LogP contribution in [0.1, 0.15) is 77.3 Å². The zero-order valence-corrected chi connectivity index (χ0v) is 20.1. The molecule has 2 aromatic rings. The van der Waals surface area contributed by atoms with Gasteiger partial charge in [0.15, 0.2) is 12.4 Å². The Morgan fingerprint density at radius 1 is 1.26 bits per heavy atom. The van der Waals surface area contributed by atoms with Crippen molar-refractivity contribution in [2.45, 2.75) is 84.0 Å². The molecule has 2 fully saturated rings. The lowest BCUT2D eigenvalue weighted by molar-refractivity contribution is -0.231. The van der Waals surface area contributed by atoms with Crippen LogP contribution in [0.15, 0.2) is 29.2 Å². The molecule has 1 aliphatic heterocycles. The number of alkyl halides is 2. The zero-order valence-electron chi connectivity index (χ0n) is 20.1. The molecule has 4 rings (SSSR count). The quantitative estimate of drug-likeness (QED) is 0.660. The van der Waals surface area contributed by atoms with E-state index >= 15 is 8.78 Å². The van der Waals surface area contributed by atoms with Crippen molar-refractivity contribution >= 4 is 5.91 Å². The Hall–Kier alpha value is -2.62. The first kappa shape index (κ1) is 24.5. The van der Waals surface area contributed by atoms with E-state index < -0.39 is 34.3 Å². The average molecular weight is 479 g/mol. The first-order valence-electron chi connectivity index (χ1n) is 11.6. The van der Waals surface area contributed by atoms with E-state index in [1.165, 1.54) is 6.33 Å². The molecule has 1 atom stereocenters. The van der Waals surface area contributed by atoms with Crippen molar-refractivity contribution < 1.29 is 27.9 Å². The highest BCUT2D eigenvalue weighted by Gasteiger charge is 2.65. The summed E-state index contributed by atoms with van der Waals surface area (Å²) in [7, 11) is 0. The third-order valence-electron chi connectivity index (χ3n) is 6.70. The molecule has 0 bridgehead atoms. The lowest BCUT2D eigenvalue weighted by Gasteiger charge is -2.51. The number of rotatable bonds is 6. The smallest absolute Gasteiger partial charge is 0.352 e. The van der Waals surface area contributed by atoms with Gasteiger partial charge in [-0.05, 0) is 42.9 Å². The van der Waals surface area contributed by atoms with Gasteiger partial charge in [0, 0.05) is 24.9 Å². The molecular weight excluding hydrogens is 446 g/mol. The van der Waals surface area contributed by atoms with Gasteiger partial charge in [0.2, 0.25) is 5.88 Å². The minimum absolute atomic E-state index is 0.0464. The molecule has 2 aromatic heterocycles. The minimum Gasteiger partial charge on any atom is -0.469 e. The number of carbonyl (C=O) groups excluding carboxylic acids is 1. The van der Waals surface area contributed by atoms with Crippen molar-refractivity contribution in [1.29, 1.82) is 0 Å². The van der Waals surface area contributed by atoms with E-state index in [9.17, 15) is 9.90 Å². The Kier molecular flexibility index (Phi) is 6.16. The van der Waals surface area contributed by atoms with Gasteiger partial charge in [0.05, 0.1) is 6.04 Å². The van der Waals surface area contributed by atoms with Crippen LogP contribution >= 0.6 is 0 Å².